The van der Waals surface area contributed by atoms with Gasteiger partial charge in [0.1, 0.15) is 0 Å². The summed E-state index contributed by atoms with van der Waals surface area (Å²) in [6.07, 6.45) is 2.58. The first-order valence-corrected chi connectivity index (χ1v) is 7.59. The predicted octanol–water partition coefficient (Wildman–Crippen LogP) is 3.26. The van der Waals surface area contributed by atoms with E-state index in [2.05, 4.69) is 67.6 Å². The van der Waals surface area contributed by atoms with Gasteiger partial charge in [-0.2, -0.15) is 0 Å². The average Bonchev–Trinajstić information content (AvgIpc) is 2.38. The van der Waals surface area contributed by atoms with E-state index in [0.29, 0.717) is 0 Å². The molecule has 0 fully saturated rings. The molecule has 2 aromatic carbocycles. The van der Waals surface area contributed by atoms with Crippen molar-refractivity contribution in [2.24, 2.45) is 0 Å². The van der Waals surface area contributed by atoms with Crippen LogP contribution in [0.3, 0.4) is 0 Å². The van der Waals surface area contributed by atoms with Gasteiger partial charge in [-0.05, 0) is 30.7 Å². The summed E-state index contributed by atoms with van der Waals surface area (Å²) in [6.45, 7) is 2.27. The van der Waals surface area contributed by atoms with Gasteiger partial charge in [-0.15, -0.1) is 0 Å². The van der Waals surface area contributed by atoms with Crippen LogP contribution in [0.4, 0.5) is 0 Å². The Hall–Kier alpha value is -1.13. The maximum atomic E-state index is 2.27. The second-order valence-electron chi connectivity index (χ2n) is 3.96. The summed E-state index contributed by atoms with van der Waals surface area (Å²) < 4.78 is 0. The topological polar surface area (TPSA) is 0 Å². The highest BCUT2D eigenvalue weighted by atomic mass is 31.1. The van der Waals surface area contributed by atoms with Crippen LogP contribution >= 0.6 is 7.92 Å². The van der Waals surface area contributed by atoms with Crippen LogP contribution in [0.5, 0.6) is 0 Å². The molecule has 0 aromatic heterocycles. The van der Waals surface area contributed by atoms with Gasteiger partial charge in [-0.3, -0.25) is 0 Å². The van der Waals surface area contributed by atoms with Crippen molar-refractivity contribution in [1.29, 1.82) is 0 Å². The van der Waals surface area contributed by atoms with Crippen molar-refractivity contribution in [3.05, 3.63) is 60.7 Å². The fourth-order valence-corrected chi connectivity index (χ4v) is 4.58. The maximum absolute atomic E-state index is 2.27. The van der Waals surface area contributed by atoms with Crippen molar-refractivity contribution in [1.82, 2.24) is 0 Å². The molecule has 2 aromatic rings. The minimum absolute atomic E-state index is 0.551. The standard InChI is InChI=1S/C15H17P/c1-2-13-16(14-9-5-3-6-10-14)15-11-7-4-8-12-15/h3-12H,2,13H2,1H3/p+1. The quantitative estimate of drug-likeness (QED) is 0.706. The van der Waals surface area contributed by atoms with E-state index in [1.165, 1.54) is 23.2 Å². The lowest BCUT2D eigenvalue weighted by Gasteiger charge is -2.09. The van der Waals surface area contributed by atoms with E-state index in [1.54, 1.807) is 0 Å². The van der Waals surface area contributed by atoms with Crippen LogP contribution in [0.25, 0.3) is 0 Å². The van der Waals surface area contributed by atoms with Crippen LogP contribution in [0.15, 0.2) is 60.7 Å². The molecule has 0 aliphatic carbocycles. The Kier molecular flexibility index (Phi) is 4.13. The first-order chi connectivity index (χ1) is 7.92. The van der Waals surface area contributed by atoms with Crippen LogP contribution < -0.4 is 10.6 Å². The lowest BCUT2D eigenvalue weighted by atomic mass is 10.4. The summed E-state index contributed by atoms with van der Waals surface area (Å²) in [5.41, 5.74) is 0. The van der Waals surface area contributed by atoms with Crippen LogP contribution in [-0.4, -0.2) is 6.16 Å². The number of benzene rings is 2. The summed E-state index contributed by atoms with van der Waals surface area (Å²) in [5.74, 6) is 0. The second kappa shape index (κ2) is 5.82. The Labute approximate surface area is 99.1 Å². The van der Waals surface area contributed by atoms with Gasteiger partial charge in [0, 0.05) is 0 Å². The van der Waals surface area contributed by atoms with E-state index in [-0.39, 0.29) is 0 Å². The summed E-state index contributed by atoms with van der Waals surface area (Å²) in [7, 11) is -0.551. The van der Waals surface area contributed by atoms with Gasteiger partial charge in [-0.1, -0.05) is 43.3 Å². The molecule has 0 saturated heterocycles. The van der Waals surface area contributed by atoms with Gasteiger partial charge in [0.05, 0.1) is 24.7 Å². The monoisotopic (exact) mass is 229 g/mol. The van der Waals surface area contributed by atoms with Gasteiger partial charge in [0.25, 0.3) is 0 Å². The minimum atomic E-state index is -0.551. The molecule has 0 atom stereocenters. The van der Waals surface area contributed by atoms with Gasteiger partial charge in [0.2, 0.25) is 0 Å². The Balaban J connectivity index is 2.31. The van der Waals surface area contributed by atoms with Crippen LogP contribution in [-0.2, 0) is 0 Å². The highest BCUT2D eigenvalue weighted by molar-refractivity contribution is 7.73. The predicted molar refractivity (Wildman–Crippen MR) is 75.6 cm³/mol. The zero-order chi connectivity index (χ0) is 11.2. The molecule has 0 unspecified atom stereocenters. The molecular formula is C15H18P+. The molecule has 0 radical (unpaired) electrons. The third kappa shape index (κ3) is 2.71. The van der Waals surface area contributed by atoms with E-state index in [0.717, 1.165) is 0 Å². The highest BCUT2D eigenvalue weighted by Crippen LogP contribution is 2.33. The zero-order valence-corrected chi connectivity index (χ0v) is 10.7. The fraction of sp³-hybridized carbons (Fsp3) is 0.200. The zero-order valence-electron chi connectivity index (χ0n) is 9.69. The summed E-state index contributed by atoms with van der Waals surface area (Å²) in [6, 6.07) is 21.9. The van der Waals surface area contributed by atoms with Crippen molar-refractivity contribution in [3.63, 3.8) is 0 Å². The lowest BCUT2D eigenvalue weighted by molar-refractivity contribution is 1.10. The molecule has 0 saturated carbocycles. The Morgan fingerprint density at radius 3 is 1.56 bits per heavy atom. The Morgan fingerprint density at radius 1 is 0.750 bits per heavy atom. The molecule has 0 nitrogen and oxygen atoms in total. The Bertz CT molecular complexity index is 368. The maximum Gasteiger partial charge on any atom is 0.0966 e. The number of hydrogen-bond donors (Lipinski definition) is 0. The first kappa shape index (κ1) is 11.4. The lowest BCUT2D eigenvalue weighted by Crippen LogP contribution is -2.13. The first-order valence-electron chi connectivity index (χ1n) is 5.88. The van der Waals surface area contributed by atoms with Gasteiger partial charge in [-0.25, -0.2) is 0 Å². The largest absolute Gasteiger partial charge is 0.0966 e. The SMILES string of the molecule is CCC[PH+](c1ccccc1)c1ccccc1. The normalized spacial score (nSPS) is 10.6. The molecule has 2 rings (SSSR count). The van der Waals surface area contributed by atoms with Crippen molar-refractivity contribution in [2.45, 2.75) is 13.3 Å². The van der Waals surface area contributed by atoms with Crippen molar-refractivity contribution >= 4 is 18.5 Å². The molecule has 0 spiro atoms. The molecule has 16 heavy (non-hydrogen) atoms. The second-order valence-corrected chi connectivity index (χ2v) is 6.57. The van der Waals surface area contributed by atoms with Crippen LogP contribution in [0.1, 0.15) is 13.3 Å². The molecule has 1 heteroatoms. The van der Waals surface area contributed by atoms with E-state index in [1.807, 2.05) is 0 Å². The smallest absolute Gasteiger partial charge is 0.0620 e. The highest BCUT2D eigenvalue weighted by Gasteiger charge is 2.20. The van der Waals surface area contributed by atoms with Crippen molar-refractivity contribution in [3.8, 4) is 0 Å². The van der Waals surface area contributed by atoms with Gasteiger partial charge < -0.3 is 0 Å². The molecule has 82 valence electrons. The number of hydrogen-bond acceptors (Lipinski definition) is 0. The molecule has 0 aliphatic heterocycles. The van der Waals surface area contributed by atoms with Crippen LogP contribution in [0.2, 0.25) is 0 Å². The van der Waals surface area contributed by atoms with E-state index < -0.39 is 7.92 Å². The van der Waals surface area contributed by atoms with E-state index in [4.69, 9.17) is 0 Å². The van der Waals surface area contributed by atoms with Crippen LogP contribution in [0, 0.1) is 0 Å². The number of rotatable bonds is 4. The summed E-state index contributed by atoms with van der Waals surface area (Å²) in [4.78, 5) is 0. The molecule has 0 aliphatic rings. The van der Waals surface area contributed by atoms with Gasteiger partial charge >= 0.3 is 0 Å². The minimum Gasteiger partial charge on any atom is -0.0620 e. The molecule has 0 bridgehead atoms. The molecule has 0 N–H and O–H groups in total. The molecular weight excluding hydrogens is 211 g/mol. The van der Waals surface area contributed by atoms with Gasteiger partial charge in [0.15, 0.2) is 0 Å². The summed E-state index contributed by atoms with van der Waals surface area (Å²) >= 11 is 0. The molecule has 0 heterocycles. The van der Waals surface area contributed by atoms with Crippen molar-refractivity contribution < 1.29 is 0 Å². The van der Waals surface area contributed by atoms with E-state index >= 15 is 0 Å². The Morgan fingerprint density at radius 2 is 1.19 bits per heavy atom. The fourth-order valence-electron chi connectivity index (χ4n) is 1.98. The summed E-state index contributed by atoms with van der Waals surface area (Å²) in [5, 5.41) is 3.06. The molecule has 0 amide bonds. The average molecular weight is 229 g/mol. The van der Waals surface area contributed by atoms with E-state index in [9.17, 15) is 0 Å². The van der Waals surface area contributed by atoms with Crippen molar-refractivity contribution in [2.75, 3.05) is 6.16 Å². The third-order valence-corrected chi connectivity index (χ3v) is 5.81. The third-order valence-electron chi connectivity index (χ3n) is 2.74.